The third-order valence-electron chi connectivity index (χ3n) is 1.83. The SMILES string of the molecule is C=Nc1c(C)cc([N+](=O)[O-])cc1[N+](=O)[O-]. The Hall–Kier alpha value is -2.31. The van der Waals surface area contributed by atoms with Crippen molar-refractivity contribution in [2.24, 2.45) is 4.99 Å². The first-order chi connectivity index (χ1) is 6.97. The van der Waals surface area contributed by atoms with Gasteiger partial charge in [-0.15, -0.1) is 0 Å². The van der Waals surface area contributed by atoms with E-state index in [1.165, 1.54) is 13.0 Å². The summed E-state index contributed by atoms with van der Waals surface area (Å²) in [6.45, 7) is 4.69. The predicted octanol–water partition coefficient (Wildman–Crippen LogP) is 2.14. The van der Waals surface area contributed by atoms with Crippen LogP contribution in [0.15, 0.2) is 17.1 Å². The molecule has 0 spiro atoms. The van der Waals surface area contributed by atoms with Gasteiger partial charge in [0.05, 0.1) is 15.9 Å². The van der Waals surface area contributed by atoms with Gasteiger partial charge in [0.1, 0.15) is 5.69 Å². The first kappa shape index (κ1) is 10.8. The van der Waals surface area contributed by atoms with Crippen molar-refractivity contribution in [3.63, 3.8) is 0 Å². The normalized spacial score (nSPS) is 9.67. The van der Waals surface area contributed by atoms with Gasteiger partial charge in [-0.25, -0.2) is 0 Å². The number of hydrogen-bond acceptors (Lipinski definition) is 5. The first-order valence-electron chi connectivity index (χ1n) is 3.87. The molecule has 7 nitrogen and oxygen atoms in total. The van der Waals surface area contributed by atoms with E-state index in [4.69, 9.17) is 0 Å². The predicted molar refractivity (Wildman–Crippen MR) is 53.7 cm³/mol. The number of nitro groups is 2. The fourth-order valence-corrected chi connectivity index (χ4v) is 1.19. The zero-order chi connectivity index (χ0) is 11.6. The molecule has 0 aliphatic heterocycles. The van der Waals surface area contributed by atoms with Gasteiger partial charge in [-0.05, 0) is 19.2 Å². The smallest absolute Gasteiger partial charge is 0.258 e. The molecule has 0 aromatic heterocycles. The van der Waals surface area contributed by atoms with Crippen LogP contribution in [0.25, 0.3) is 0 Å². The second-order valence-corrected chi connectivity index (χ2v) is 2.80. The molecule has 0 saturated heterocycles. The summed E-state index contributed by atoms with van der Waals surface area (Å²) in [6, 6.07) is 2.09. The van der Waals surface area contributed by atoms with E-state index >= 15 is 0 Å². The minimum Gasteiger partial charge on any atom is -0.258 e. The summed E-state index contributed by atoms with van der Waals surface area (Å²) in [5.74, 6) is 0. The largest absolute Gasteiger partial charge is 0.301 e. The summed E-state index contributed by atoms with van der Waals surface area (Å²) in [5, 5.41) is 21.1. The maximum absolute atomic E-state index is 10.6. The highest BCUT2D eigenvalue weighted by molar-refractivity contribution is 5.68. The minimum absolute atomic E-state index is 0.0607. The maximum atomic E-state index is 10.6. The lowest BCUT2D eigenvalue weighted by Crippen LogP contribution is -1.94. The van der Waals surface area contributed by atoms with Crippen LogP contribution in [0.1, 0.15) is 5.56 Å². The van der Waals surface area contributed by atoms with Gasteiger partial charge in [0.25, 0.3) is 5.69 Å². The van der Waals surface area contributed by atoms with Crippen molar-refractivity contribution in [2.45, 2.75) is 6.92 Å². The molecule has 0 fully saturated rings. The molecule has 1 aromatic rings. The zero-order valence-corrected chi connectivity index (χ0v) is 7.84. The second-order valence-electron chi connectivity index (χ2n) is 2.80. The van der Waals surface area contributed by atoms with Gasteiger partial charge < -0.3 is 0 Å². The Morgan fingerprint density at radius 3 is 2.27 bits per heavy atom. The highest BCUT2D eigenvalue weighted by Crippen LogP contribution is 2.34. The molecule has 0 bridgehead atoms. The molecule has 1 rings (SSSR count). The first-order valence-corrected chi connectivity index (χ1v) is 3.87. The van der Waals surface area contributed by atoms with Crippen molar-refractivity contribution in [3.05, 3.63) is 37.9 Å². The highest BCUT2D eigenvalue weighted by Gasteiger charge is 2.21. The van der Waals surface area contributed by atoms with Crippen LogP contribution < -0.4 is 0 Å². The van der Waals surface area contributed by atoms with E-state index in [0.717, 1.165) is 6.07 Å². The number of aryl methyl sites for hydroxylation is 1. The van der Waals surface area contributed by atoms with Crippen molar-refractivity contribution < 1.29 is 9.85 Å². The van der Waals surface area contributed by atoms with E-state index in [1.807, 2.05) is 0 Å². The molecular formula is C8H7N3O4. The lowest BCUT2D eigenvalue weighted by molar-refractivity contribution is -0.393. The average molecular weight is 209 g/mol. The monoisotopic (exact) mass is 209 g/mol. The maximum Gasteiger partial charge on any atom is 0.301 e. The van der Waals surface area contributed by atoms with Crippen molar-refractivity contribution >= 4 is 23.8 Å². The third kappa shape index (κ3) is 1.96. The standard InChI is InChI=1S/C8H7N3O4/c1-5-3-6(10(12)13)4-7(11(14)15)8(5)9-2/h3-4H,2H2,1H3. The summed E-state index contributed by atoms with van der Waals surface area (Å²) >= 11 is 0. The Bertz CT molecular complexity index is 455. The quantitative estimate of drug-likeness (QED) is 0.432. The van der Waals surface area contributed by atoms with E-state index in [-0.39, 0.29) is 11.4 Å². The van der Waals surface area contributed by atoms with Gasteiger partial charge in [0.2, 0.25) is 0 Å². The van der Waals surface area contributed by atoms with Gasteiger partial charge in [-0.1, -0.05) is 0 Å². The number of nitro benzene ring substituents is 2. The Kier molecular flexibility index (Phi) is 2.75. The van der Waals surface area contributed by atoms with E-state index in [2.05, 4.69) is 11.7 Å². The topological polar surface area (TPSA) is 98.6 Å². The van der Waals surface area contributed by atoms with E-state index in [1.54, 1.807) is 0 Å². The summed E-state index contributed by atoms with van der Waals surface area (Å²) in [6.07, 6.45) is 0. The molecule has 15 heavy (non-hydrogen) atoms. The molecule has 0 amide bonds. The molecule has 0 atom stereocenters. The van der Waals surface area contributed by atoms with Crippen LogP contribution in [0.2, 0.25) is 0 Å². The summed E-state index contributed by atoms with van der Waals surface area (Å²) < 4.78 is 0. The van der Waals surface area contributed by atoms with Crippen molar-refractivity contribution in [2.75, 3.05) is 0 Å². The number of non-ortho nitro benzene ring substituents is 1. The molecule has 0 unspecified atom stereocenters. The van der Waals surface area contributed by atoms with Gasteiger partial charge in [0, 0.05) is 6.07 Å². The lowest BCUT2D eigenvalue weighted by Gasteiger charge is -2.00. The summed E-state index contributed by atoms with van der Waals surface area (Å²) in [5.41, 5.74) is -0.320. The van der Waals surface area contributed by atoms with Crippen LogP contribution >= 0.6 is 0 Å². The number of nitrogens with zero attached hydrogens (tertiary/aromatic N) is 3. The number of aliphatic imine (C=N–C) groups is 1. The molecular weight excluding hydrogens is 202 g/mol. The average Bonchev–Trinajstić information content (AvgIpc) is 2.16. The highest BCUT2D eigenvalue weighted by atomic mass is 16.6. The molecule has 0 aliphatic carbocycles. The van der Waals surface area contributed by atoms with E-state index < -0.39 is 15.5 Å². The Morgan fingerprint density at radius 1 is 1.27 bits per heavy atom. The van der Waals surface area contributed by atoms with Crippen molar-refractivity contribution in [1.29, 1.82) is 0 Å². The fourth-order valence-electron chi connectivity index (χ4n) is 1.19. The third-order valence-corrected chi connectivity index (χ3v) is 1.83. The zero-order valence-electron chi connectivity index (χ0n) is 7.84. The van der Waals surface area contributed by atoms with Gasteiger partial charge in [-0.2, -0.15) is 0 Å². The van der Waals surface area contributed by atoms with Gasteiger partial charge in [-0.3, -0.25) is 25.2 Å². The Morgan fingerprint density at radius 2 is 1.87 bits per heavy atom. The number of rotatable bonds is 3. The molecule has 0 N–H and O–H groups in total. The van der Waals surface area contributed by atoms with Crippen LogP contribution in [-0.4, -0.2) is 16.6 Å². The fraction of sp³-hybridized carbons (Fsp3) is 0.125. The molecule has 0 heterocycles. The van der Waals surface area contributed by atoms with E-state index in [9.17, 15) is 20.2 Å². The van der Waals surface area contributed by atoms with Crippen LogP contribution in [0.5, 0.6) is 0 Å². The Labute approximate surface area is 84.4 Å². The molecule has 7 heteroatoms. The molecule has 78 valence electrons. The van der Waals surface area contributed by atoms with Crippen LogP contribution in [0.4, 0.5) is 17.1 Å². The second kappa shape index (κ2) is 3.82. The number of hydrogen-bond donors (Lipinski definition) is 0. The summed E-state index contributed by atoms with van der Waals surface area (Å²) in [7, 11) is 0. The van der Waals surface area contributed by atoms with Crippen LogP contribution in [0.3, 0.4) is 0 Å². The minimum atomic E-state index is -0.718. The van der Waals surface area contributed by atoms with Gasteiger partial charge >= 0.3 is 5.69 Å². The molecule has 1 aromatic carbocycles. The lowest BCUT2D eigenvalue weighted by atomic mass is 10.1. The van der Waals surface area contributed by atoms with Crippen LogP contribution in [-0.2, 0) is 0 Å². The molecule has 0 aliphatic rings. The van der Waals surface area contributed by atoms with E-state index in [0.29, 0.717) is 5.56 Å². The van der Waals surface area contributed by atoms with Gasteiger partial charge in [0.15, 0.2) is 0 Å². The molecule has 0 saturated carbocycles. The summed E-state index contributed by atoms with van der Waals surface area (Å²) in [4.78, 5) is 23.1. The number of benzene rings is 1. The molecule has 0 radical (unpaired) electrons. The van der Waals surface area contributed by atoms with Crippen LogP contribution in [0, 0.1) is 27.2 Å². The van der Waals surface area contributed by atoms with Crippen molar-refractivity contribution in [3.8, 4) is 0 Å². The van der Waals surface area contributed by atoms with Crippen molar-refractivity contribution in [1.82, 2.24) is 0 Å². The Balaban J connectivity index is 3.52.